The number of hydrogen-bond acceptors (Lipinski definition) is 4. The Morgan fingerprint density at radius 1 is 0.738 bits per heavy atom. The van der Waals surface area contributed by atoms with E-state index in [1.54, 1.807) is 12.5 Å². The fourth-order valence-corrected chi connectivity index (χ4v) is 8.68. The summed E-state index contributed by atoms with van der Waals surface area (Å²) in [6.45, 7) is 2.17. The quantitative estimate of drug-likeness (QED) is 0.149. The van der Waals surface area contributed by atoms with Crippen LogP contribution in [0, 0.1) is 6.92 Å². The van der Waals surface area contributed by atoms with Crippen LogP contribution in [0.1, 0.15) is 27.8 Å². The fraction of sp³-hybridized carbons (Fsp3) is 0.0811. The van der Waals surface area contributed by atoms with E-state index in [4.69, 9.17) is 4.42 Å². The van der Waals surface area contributed by atoms with E-state index >= 15 is 0 Å². The third-order valence-electron chi connectivity index (χ3n) is 8.31. The first-order chi connectivity index (χ1) is 20.7. The molecule has 0 radical (unpaired) electrons. The van der Waals surface area contributed by atoms with Crippen molar-refractivity contribution in [2.75, 3.05) is 4.90 Å². The SMILES string of the molecule is Cc1c(-c2ncco2)cc2c(c1N(c1ccccc1)c1ccccc1)Cc1cc3c(=O)c4ccccc4[se]c3cc1C2. The Kier molecular flexibility index (Phi) is 5.95. The number of benzene rings is 5. The van der Waals surface area contributed by atoms with Crippen LogP contribution in [-0.4, -0.2) is 19.5 Å². The van der Waals surface area contributed by atoms with Gasteiger partial charge in [-0.15, -0.1) is 0 Å². The molecule has 0 spiro atoms. The monoisotopic (exact) mass is 610 g/mol. The molecule has 202 valence electrons. The van der Waals surface area contributed by atoms with Crippen molar-refractivity contribution in [1.29, 1.82) is 0 Å². The van der Waals surface area contributed by atoms with Gasteiger partial charge in [-0.3, -0.25) is 0 Å². The number of rotatable bonds is 4. The second kappa shape index (κ2) is 9.99. The predicted molar refractivity (Wildman–Crippen MR) is 172 cm³/mol. The molecule has 0 amide bonds. The fourth-order valence-electron chi connectivity index (χ4n) is 6.33. The van der Waals surface area contributed by atoms with Crippen molar-refractivity contribution < 1.29 is 4.42 Å². The van der Waals surface area contributed by atoms with Gasteiger partial charge in [0.1, 0.15) is 0 Å². The van der Waals surface area contributed by atoms with E-state index in [0.29, 0.717) is 5.89 Å². The zero-order valence-electron chi connectivity index (χ0n) is 23.0. The van der Waals surface area contributed by atoms with Crippen LogP contribution in [0.25, 0.3) is 30.7 Å². The molecule has 0 fully saturated rings. The summed E-state index contributed by atoms with van der Waals surface area (Å²) in [6.07, 6.45) is 4.89. The van der Waals surface area contributed by atoms with Crippen LogP contribution >= 0.6 is 0 Å². The number of hydrogen-bond donors (Lipinski definition) is 0. The summed E-state index contributed by atoms with van der Waals surface area (Å²) in [4.78, 5) is 20.5. The number of fused-ring (bicyclic) bond motifs is 4. The van der Waals surface area contributed by atoms with Crippen molar-refractivity contribution in [3.8, 4) is 11.5 Å². The first-order valence-electron chi connectivity index (χ1n) is 14.1. The molecule has 0 bridgehead atoms. The molecule has 42 heavy (non-hydrogen) atoms. The summed E-state index contributed by atoms with van der Waals surface area (Å²) >= 11 is 0.105. The van der Waals surface area contributed by atoms with E-state index in [0.717, 1.165) is 51.8 Å². The third kappa shape index (κ3) is 4.05. The number of anilines is 3. The number of aromatic nitrogens is 1. The minimum atomic E-state index is 0.105. The van der Waals surface area contributed by atoms with Crippen molar-refractivity contribution in [2.24, 2.45) is 0 Å². The average Bonchev–Trinajstić information content (AvgIpc) is 3.57. The number of para-hydroxylation sites is 2. The van der Waals surface area contributed by atoms with Crippen LogP contribution in [0.4, 0.5) is 17.1 Å². The number of nitrogens with zero attached hydrogens (tertiary/aromatic N) is 2. The van der Waals surface area contributed by atoms with Gasteiger partial charge in [0.2, 0.25) is 0 Å². The molecule has 5 aromatic carbocycles. The van der Waals surface area contributed by atoms with Gasteiger partial charge in [-0.1, -0.05) is 0 Å². The number of oxazole rings is 1. The van der Waals surface area contributed by atoms with E-state index in [1.165, 1.54) is 30.8 Å². The first kappa shape index (κ1) is 25.0. The maximum absolute atomic E-state index is 13.6. The van der Waals surface area contributed by atoms with Gasteiger partial charge >= 0.3 is 250 Å². The molecule has 1 aliphatic carbocycles. The van der Waals surface area contributed by atoms with E-state index < -0.39 is 0 Å². The molecule has 1 aliphatic rings. The Morgan fingerprint density at radius 2 is 1.43 bits per heavy atom. The van der Waals surface area contributed by atoms with Gasteiger partial charge in [0.25, 0.3) is 0 Å². The van der Waals surface area contributed by atoms with Crippen molar-refractivity contribution in [3.05, 3.63) is 154 Å². The first-order valence-corrected chi connectivity index (χ1v) is 15.8. The van der Waals surface area contributed by atoms with Crippen molar-refractivity contribution >= 4 is 50.9 Å². The molecule has 0 saturated heterocycles. The predicted octanol–water partition coefficient (Wildman–Crippen LogP) is 8.34. The third-order valence-corrected chi connectivity index (χ3v) is 10.7. The Labute approximate surface area is 249 Å². The summed E-state index contributed by atoms with van der Waals surface area (Å²) in [5, 5.41) is 1.72. The Bertz CT molecular complexity index is 2130. The minimum absolute atomic E-state index is 0.105. The molecule has 5 heteroatoms. The van der Waals surface area contributed by atoms with E-state index in [-0.39, 0.29) is 19.9 Å². The summed E-state index contributed by atoms with van der Waals surface area (Å²) in [5.41, 5.74) is 10.6. The van der Waals surface area contributed by atoms with Crippen LogP contribution in [0.2, 0.25) is 0 Å². The molecule has 0 saturated carbocycles. The van der Waals surface area contributed by atoms with Gasteiger partial charge < -0.3 is 0 Å². The normalized spacial score (nSPS) is 12.3. The molecule has 2 heterocycles. The Balaban J connectivity index is 1.39. The van der Waals surface area contributed by atoms with Crippen LogP contribution in [0.15, 0.2) is 125 Å². The van der Waals surface area contributed by atoms with Crippen LogP contribution in [-0.2, 0) is 12.8 Å². The van der Waals surface area contributed by atoms with Crippen LogP contribution in [0.5, 0.6) is 0 Å². The Morgan fingerprint density at radius 3 is 2.14 bits per heavy atom. The van der Waals surface area contributed by atoms with Crippen LogP contribution in [0.3, 0.4) is 0 Å². The molecule has 0 aliphatic heterocycles. The van der Waals surface area contributed by atoms with Gasteiger partial charge in [0.05, 0.1) is 0 Å². The molecule has 4 nitrogen and oxygen atoms in total. The molecule has 7 aromatic rings. The summed E-state index contributed by atoms with van der Waals surface area (Å²) in [7, 11) is 0. The molecule has 2 aromatic heterocycles. The summed E-state index contributed by atoms with van der Waals surface area (Å²) in [6, 6.07) is 35.9. The van der Waals surface area contributed by atoms with Gasteiger partial charge in [0, 0.05) is 0 Å². The summed E-state index contributed by atoms with van der Waals surface area (Å²) in [5.74, 6) is 0.624. The van der Waals surface area contributed by atoms with Gasteiger partial charge in [-0.2, -0.15) is 0 Å². The molecular formula is C37H26N2O2Se. The zero-order chi connectivity index (χ0) is 28.2. The van der Waals surface area contributed by atoms with Gasteiger partial charge in [-0.05, 0) is 0 Å². The average molecular weight is 610 g/mol. The topological polar surface area (TPSA) is 46.3 Å². The molecule has 0 unspecified atom stereocenters. The molecule has 0 N–H and O–H groups in total. The van der Waals surface area contributed by atoms with E-state index in [1.807, 2.05) is 30.3 Å². The van der Waals surface area contributed by atoms with Crippen molar-refractivity contribution in [3.63, 3.8) is 0 Å². The summed E-state index contributed by atoms with van der Waals surface area (Å²) < 4.78 is 8.22. The maximum atomic E-state index is 13.6. The second-order valence-corrected chi connectivity index (χ2v) is 13.1. The molecular weight excluding hydrogens is 583 g/mol. The van der Waals surface area contributed by atoms with Crippen LogP contribution < -0.4 is 10.3 Å². The Hall–Kier alpha value is -4.70. The van der Waals surface area contributed by atoms with Crippen molar-refractivity contribution in [2.45, 2.75) is 19.8 Å². The second-order valence-electron chi connectivity index (χ2n) is 10.8. The molecule has 0 atom stereocenters. The van der Waals surface area contributed by atoms with Crippen molar-refractivity contribution in [1.82, 2.24) is 4.98 Å². The zero-order valence-corrected chi connectivity index (χ0v) is 24.7. The van der Waals surface area contributed by atoms with Gasteiger partial charge in [0.15, 0.2) is 0 Å². The van der Waals surface area contributed by atoms with Gasteiger partial charge in [-0.25, -0.2) is 0 Å². The standard InChI is InChI=1S/C37H26N2O2Se/c1-23-30(37-38-16-17-41-37)21-26-18-24-22-34-32(36(40)29-14-8-9-15-33(29)42-34)20-25(24)19-31(26)35(23)39(27-10-4-2-5-11-27)28-12-6-3-7-13-28/h2-17,20-22H,18-19H2,1H3. The van der Waals surface area contributed by atoms with E-state index in [9.17, 15) is 4.79 Å². The van der Waals surface area contributed by atoms with E-state index in [2.05, 4.69) is 89.6 Å². The molecule has 8 rings (SSSR count).